The molecule has 0 atom stereocenters. The van der Waals surface area contributed by atoms with Crippen molar-refractivity contribution in [2.45, 2.75) is 25.7 Å². The first-order chi connectivity index (χ1) is 8.00. The molecule has 0 bridgehead atoms. The van der Waals surface area contributed by atoms with Crippen LogP contribution in [0.5, 0.6) is 0 Å². The van der Waals surface area contributed by atoms with Crippen LogP contribution >= 0.6 is 0 Å². The molecule has 0 spiro atoms. The molecule has 16 heavy (non-hydrogen) atoms. The molecule has 1 aliphatic heterocycles. The zero-order chi connectivity index (χ0) is 11.3. The maximum absolute atomic E-state index is 5.43. The van der Waals surface area contributed by atoms with Gasteiger partial charge in [0.15, 0.2) is 0 Å². The summed E-state index contributed by atoms with van der Waals surface area (Å²) >= 11 is 0. The van der Waals surface area contributed by atoms with Crippen molar-refractivity contribution in [2.75, 3.05) is 52.9 Å². The summed E-state index contributed by atoms with van der Waals surface area (Å²) < 4.78 is 21.7. The fraction of sp³-hybridized carbons (Fsp3) is 1.00. The second-order valence-corrected chi connectivity index (χ2v) is 3.86. The van der Waals surface area contributed by atoms with E-state index in [1.165, 1.54) is 0 Å². The van der Waals surface area contributed by atoms with Crippen LogP contribution in [0.25, 0.3) is 0 Å². The smallest absolute Gasteiger partial charge is 0.0700 e. The third-order valence-corrected chi connectivity index (χ3v) is 2.40. The molecular formula is C12H24O4. The highest BCUT2D eigenvalue weighted by molar-refractivity contribution is 4.42. The average molecular weight is 232 g/mol. The molecule has 1 rings (SSSR count). The number of hydrogen-bond donors (Lipinski definition) is 0. The van der Waals surface area contributed by atoms with E-state index >= 15 is 0 Å². The van der Waals surface area contributed by atoms with Gasteiger partial charge in [-0.15, -0.1) is 0 Å². The number of ether oxygens (including phenoxy) is 4. The third kappa shape index (κ3) is 9.09. The summed E-state index contributed by atoms with van der Waals surface area (Å²) in [7, 11) is 0. The summed E-state index contributed by atoms with van der Waals surface area (Å²) in [6.07, 6.45) is 4.23. The Kier molecular flexibility index (Phi) is 9.84. The molecule has 0 aliphatic carbocycles. The topological polar surface area (TPSA) is 36.9 Å². The van der Waals surface area contributed by atoms with Crippen molar-refractivity contribution in [2.24, 2.45) is 0 Å². The Morgan fingerprint density at radius 1 is 0.312 bits per heavy atom. The van der Waals surface area contributed by atoms with Crippen molar-refractivity contribution in [1.29, 1.82) is 0 Å². The Balaban J connectivity index is 2.00. The van der Waals surface area contributed by atoms with E-state index in [1.807, 2.05) is 0 Å². The Hall–Kier alpha value is -0.160. The lowest BCUT2D eigenvalue weighted by atomic mass is 10.3. The first-order valence-corrected chi connectivity index (χ1v) is 6.31. The van der Waals surface area contributed by atoms with Crippen LogP contribution in [0.15, 0.2) is 0 Å². The molecule has 0 amide bonds. The van der Waals surface area contributed by atoms with E-state index in [4.69, 9.17) is 18.9 Å². The summed E-state index contributed by atoms with van der Waals surface area (Å²) in [5.41, 5.74) is 0. The maximum Gasteiger partial charge on any atom is 0.0700 e. The molecule has 0 unspecified atom stereocenters. The lowest BCUT2D eigenvalue weighted by molar-refractivity contribution is 0.0220. The Morgan fingerprint density at radius 3 is 0.812 bits per heavy atom. The lowest BCUT2D eigenvalue weighted by Crippen LogP contribution is -2.10. The average Bonchev–Trinajstić information content (AvgIpc) is 2.29. The van der Waals surface area contributed by atoms with Crippen LogP contribution in [0.1, 0.15) is 25.7 Å². The minimum atomic E-state index is 0.706. The normalized spacial score (nSPS) is 24.0. The molecule has 0 aromatic heterocycles. The molecule has 0 N–H and O–H groups in total. The van der Waals surface area contributed by atoms with E-state index in [0.29, 0.717) is 26.4 Å². The van der Waals surface area contributed by atoms with E-state index in [1.54, 1.807) is 0 Å². The lowest BCUT2D eigenvalue weighted by Gasteiger charge is -2.08. The van der Waals surface area contributed by atoms with Crippen molar-refractivity contribution >= 4 is 0 Å². The zero-order valence-corrected chi connectivity index (χ0v) is 10.1. The SMILES string of the molecule is C1CCOCCOCCCCOCCOC1. The summed E-state index contributed by atoms with van der Waals surface area (Å²) in [5.74, 6) is 0. The van der Waals surface area contributed by atoms with Crippen molar-refractivity contribution in [1.82, 2.24) is 0 Å². The fourth-order valence-corrected chi connectivity index (χ4v) is 1.46. The van der Waals surface area contributed by atoms with Crippen molar-refractivity contribution < 1.29 is 18.9 Å². The van der Waals surface area contributed by atoms with Gasteiger partial charge in [0, 0.05) is 26.4 Å². The Morgan fingerprint density at radius 2 is 0.562 bits per heavy atom. The largest absolute Gasteiger partial charge is 0.379 e. The Labute approximate surface area is 98.2 Å². The summed E-state index contributed by atoms with van der Waals surface area (Å²) in [4.78, 5) is 0. The van der Waals surface area contributed by atoms with E-state index in [0.717, 1.165) is 52.1 Å². The van der Waals surface area contributed by atoms with E-state index in [9.17, 15) is 0 Å². The van der Waals surface area contributed by atoms with Gasteiger partial charge in [-0.1, -0.05) is 0 Å². The van der Waals surface area contributed by atoms with Crippen LogP contribution < -0.4 is 0 Å². The monoisotopic (exact) mass is 232 g/mol. The maximum atomic E-state index is 5.43. The molecule has 0 aromatic carbocycles. The quantitative estimate of drug-likeness (QED) is 0.636. The molecule has 4 heteroatoms. The van der Waals surface area contributed by atoms with Crippen molar-refractivity contribution in [3.05, 3.63) is 0 Å². The highest BCUT2D eigenvalue weighted by Crippen LogP contribution is 1.95. The fourth-order valence-electron chi connectivity index (χ4n) is 1.46. The summed E-state index contributed by atoms with van der Waals surface area (Å²) in [5, 5.41) is 0. The standard InChI is InChI=1S/C12H24O4/c1-2-6-14-11-12-16-8-4-3-7-15-10-9-13-5-1/h1-12H2. The van der Waals surface area contributed by atoms with Gasteiger partial charge in [-0.3, -0.25) is 0 Å². The minimum absolute atomic E-state index is 0.706. The molecule has 0 aromatic rings. The summed E-state index contributed by atoms with van der Waals surface area (Å²) in [6, 6.07) is 0. The first-order valence-electron chi connectivity index (χ1n) is 6.31. The molecule has 4 nitrogen and oxygen atoms in total. The van der Waals surface area contributed by atoms with Gasteiger partial charge in [0.2, 0.25) is 0 Å². The predicted molar refractivity (Wildman–Crippen MR) is 61.7 cm³/mol. The number of rotatable bonds is 0. The van der Waals surface area contributed by atoms with E-state index < -0.39 is 0 Å². The van der Waals surface area contributed by atoms with Gasteiger partial charge in [0.05, 0.1) is 26.4 Å². The van der Waals surface area contributed by atoms with Gasteiger partial charge in [0.1, 0.15) is 0 Å². The van der Waals surface area contributed by atoms with E-state index in [-0.39, 0.29) is 0 Å². The van der Waals surface area contributed by atoms with Crippen molar-refractivity contribution in [3.8, 4) is 0 Å². The van der Waals surface area contributed by atoms with Crippen molar-refractivity contribution in [3.63, 3.8) is 0 Å². The van der Waals surface area contributed by atoms with Gasteiger partial charge in [-0.25, -0.2) is 0 Å². The molecule has 1 saturated heterocycles. The zero-order valence-electron chi connectivity index (χ0n) is 10.1. The van der Waals surface area contributed by atoms with Crippen LogP contribution in [-0.4, -0.2) is 52.9 Å². The van der Waals surface area contributed by atoms with Gasteiger partial charge in [-0.2, -0.15) is 0 Å². The molecule has 96 valence electrons. The van der Waals surface area contributed by atoms with Crippen LogP contribution in [0.4, 0.5) is 0 Å². The first kappa shape index (κ1) is 13.9. The molecular weight excluding hydrogens is 208 g/mol. The van der Waals surface area contributed by atoms with Gasteiger partial charge in [0.25, 0.3) is 0 Å². The second kappa shape index (κ2) is 11.3. The molecule has 0 radical (unpaired) electrons. The van der Waals surface area contributed by atoms with Crippen LogP contribution in [0, 0.1) is 0 Å². The molecule has 1 fully saturated rings. The highest BCUT2D eigenvalue weighted by Gasteiger charge is 1.95. The molecule has 0 saturated carbocycles. The van der Waals surface area contributed by atoms with Crippen LogP contribution in [0.2, 0.25) is 0 Å². The minimum Gasteiger partial charge on any atom is -0.379 e. The van der Waals surface area contributed by atoms with Gasteiger partial charge < -0.3 is 18.9 Å². The molecule has 1 heterocycles. The predicted octanol–water partition coefficient (Wildman–Crippen LogP) is 1.63. The van der Waals surface area contributed by atoms with Crippen LogP contribution in [0.3, 0.4) is 0 Å². The van der Waals surface area contributed by atoms with E-state index in [2.05, 4.69) is 0 Å². The highest BCUT2D eigenvalue weighted by atomic mass is 16.5. The van der Waals surface area contributed by atoms with Gasteiger partial charge in [-0.05, 0) is 25.7 Å². The molecule has 1 aliphatic rings. The third-order valence-electron chi connectivity index (χ3n) is 2.40. The van der Waals surface area contributed by atoms with Crippen LogP contribution in [-0.2, 0) is 18.9 Å². The number of hydrogen-bond acceptors (Lipinski definition) is 4. The Bertz CT molecular complexity index is 77.0. The summed E-state index contributed by atoms with van der Waals surface area (Å²) in [6.45, 7) is 6.06. The second-order valence-electron chi connectivity index (χ2n) is 3.86. The van der Waals surface area contributed by atoms with Gasteiger partial charge >= 0.3 is 0 Å².